The third-order valence-electron chi connectivity index (χ3n) is 4.66. The first-order valence-corrected chi connectivity index (χ1v) is 8.46. The van der Waals surface area contributed by atoms with Crippen molar-refractivity contribution < 1.29 is 4.79 Å². The normalized spacial score (nSPS) is 15.5. The fourth-order valence-electron chi connectivity index (χ4n) is 3.21. The van der Waals surface area contributed by atoms with Crippen molar-refractivity contribution in [1.29, 1.82) is 0 Å². The van der Waals surface area contributed by atoms with E-state index < -0.39 is 0 Å². The number of amides is 1. The maximum Gasteiger partial charge on any atom is 0.253 e. The summed E-state index contributed by atoms with van der Waals surface area (Å²) in [4.78, 5) is 30.2. The molecule has 2 aromatic rings. The van der Waals surface area contributed by atoms with Crippen LogP contribution in [-0.2, 0) is 17.8 Å². The lowest BCUT2D eigenvalue weighted by Crippen LogP contribution is -2.41. The fourth-order valence-corrected chi connectivity index (χ4v) is 3.21. The highest BCUT2D eigenvalue weighted by molar-refractivity contribution is 5.76. The second-order valence-electron chi connectivity index (χ2n) is 6.51. The van der Waals surface area contributed by atoms with E-state index >= 15 is 0 Å². The third kappa shape index (κ3) is 4.10. The van der Waals surface area contributed by atoms with E-state index in [-0.39, 0.29) is 18.0 Å². The van der Waals surface area contributed by atoms with Crippen LogP contribution in [0.4, 0.5) is 0 Å². The van der Waals surface area contributed by atoms with Crippen LogP contribution in [0.15, 0.2) is 47.5 Å². The molecule has 0 saturated carbocycles. The average molecular weight is 325 g/mol. The first-order chi connectivity index (χ1) is 11.6. The van der Waals surface area contributed by atoms with Crippen LogP contribution < -0.4 is 5.56 Å². The molecule has 5 heteroatoms. The van der Waals surface area contributed by atoms with Crippen LogP contribution in [0.25, 0.3) is 0 Å². The first-order valence-electron chi connectivity index (χ1n) is 8.46. The number of hydrogen-bond donors (Lipinski definition) is 0. The van der Waals surface area contributed by atoms with E-state index in [9.17, 15) is 9.59 Å². The maximum absolute atomic E-state index is 12.4. The molecule has 0 bridgehead atoms. The van der Waals surface area contributed by atoms with Gasteiger partial charge in [-0.05, 0) is 37.7 Å². The number of aromatic nitrogens is 2. The van der Waals surface area contributed by atoms with Gasteiger partial charge in [-0.25, -0.2) is 4.98 Å². The molecule has 3 rings (SSSR count). The highest BCUT2D eigenvalue weighted by Gasteiger charge is 2.23. The van der Waals surface area contributed by atoms with Gasteiger partial charge in [0.25, 0.3) is 5.56 Å². The summed E-state index contributed by atoms with van der Waals surface area (Å²) in [5, 5.41) is 0. The fraction of sp³-hybridized carbons (Fsp3) is 0.421. The zero-order valence-electron chi connectivity index (χ0n) is 14.0. The summed E-state index contributed by atoms with van der Waals surface area (Å²) in [6.45, 7) is 3.38. The molecule has 0 radical (unpaired) electrons. The van der Waals surface area contributed by atoms with Crippen LogP contribution in [0.3, 0.4) is 0 Å². The largest absolute Gasteiger partial charge is 0.341 e. The number of benzene rings is 1. The number of carbonyl (C=O) groups is 1. The zero-order chi connectivity index (χ0) is 16.9. The molecule has 0 atom stereocenters. The molecular weight excluding hydrogens is 302 g/mol. The summed E-state index contributed by atoms with van der Waals surface area (Å²) in [6, 6.07) is 12.0. The Morgan fingerprint density at radius 1 is 1.21 bits per heavy atom. The monoisotopic (exact) mass is 325 g/mol. The van der Waals surface area contributed by atoms with Crippen molar-refractivity contribution in [2.75, 3.05) is 13.1 Å². The van der Waals surface area contributed by atoms with Crippen LogP contribution in [0.2, 0.25) is 0 Å². The Bertz CT molecular complexity index is 747. The Morgan fingerprint density at radius 2 is 1.92 bits per heavy atom. The van der Waals surface area contributed by atoms with Gasteiger partial charge in [-0.1, -0.05) is 30.3 Å². The van der Waals surface area contributed by atoms with Crippen LogP contribution in [0.5, 0.6) is 0 Å². The Kier molecular flexibility index (Phi) is 5.08. The van der Waals surface area contributed by atoms with E-state index in [4.69, 9.17) is 0 Å². The lowest BCUT2D eigenvalue weighted by Gasteiger charge is -2.32. The van der Waals surface area contributed by atoms with Gasteiger partial charge in [0, 0.05) is 24.8 Å². The lowest BCUT2D eigenvalue weighted by atomic mass is 9.90. The van der Waals surface area contributed by atoms with Crippen molar-refractivity contribution in [2.45, 2.75) is 32.7 Å². The standard InChI is InChI=1S/C19H23N3O2/c1-15-11-18(23)22(14-20-15)13-19(24)21-9-7-17(8-10-21)12-16-5-3-2-4-6-16/h2-6,11,14,17H,7-10,12-13H2,1H3. The quantitative estimate of drug-likeness (QED) is 0.864. The van der Waals surface area contributed by atoms with Gasteiger partial charge in [0.1, 0.15) is 6.54 Å². The molecular formula is C19H23N3O2. The second kappa shape index (κ2) is 7.43. The smallest absolute Gasteiger partial charge is 0.253 e. The van der Waals surface area contributed by atoms with E-state index in [0.29, 0.717) is 11.6 Å². The van der Waals surface area contributed by atoms with Gasteiger partial charge in [-0.3, -0.25) is 14.2 Å². The number of hydrogen-bond acceptors (Lipinski definition) is 3. The van der Waals surface area contributed by atoms with Crippen LogP contribution >= 0.6 is 0 Å². The number of rotatable bonds is 4. The number of aryl methyl sites for hydroxylation is 1. The lowest BCUT2D eigenvalue weighted by molar-refractivity contribution is -0.133. The molecule has 1 aliphatic heterocycles. The van der Waals surface area contributed by atoms with Crippen molar-refractivity contribution in [2.24, 2.45) is 5.92 Å². The maximum atomic E-state index is 12.4. The van der Waals surface area contributed by atoms with Crippen molar-refractivity contribution in [3.63, 3.8) is 0 Å². The van der Waals surface area contributed by atoms with E-state index in [1.54, 1.807) is 6.92 Å². The minimum Gasteiger partial charge on any atom is -0.341 e. The van der Waals surface area contributed by atoms with Crippen LogP contribution in [0, 0.1) is 12.8 Å². The molecule has 1 aromatic heterocycles. The van der Waals surface area contributed by atoms with Crippen LogP contribution in [0.1, 0.15) is 24.1 Å². The molecule has 0 spiro atoms. The van der Waals surface area contributed by atoms with E-state index in [1.807, 2.05) is 11.0 Å². The summed E-state index contributed by atoms with van der Waals surface area (Å²) in [7, 11) is 0. The Morgan fingerprint density at radius 3 is 2.58 bits per heavy atom. The minimum absolute atomic E-state index is 0.000846. The summed E-state index contributed by atoms with van der Waals surface area (Å²) in [5.41, 5.74) is 1.86. The topological polar surface area (TPSA) is 55.2 Å². The zero-order valence-corrected chi connectivity index (χ0v) is 14.0. The van der Waals surface area contributed by atoms with Crippen molar-refractivity contribution in [3.8, 4) is 0 Å². The minimum atomic E-state index is -0.171. The Balaban J connectivity index is 1.52. The van der Waals surface area contributed by atoms with Gasteiger partial charge in [-0.15, -0.1) is 0 Å². The third-order valence-corrected chi connectivity index (χ3v) is 4.66. The molecule has 1 saturated heterocycles. The number of piperidine rings is 1. The van der Waals surface area contributed by atoms with Gasteiger partial charge < -0.3 is 4.90 Å². The summed E-state index contributed by atoms with van der Waals surface area (Å²) in [5.74, 6) is 0.626. The van der Waals surface area contributed by atoms with E-state index in [2.05, 4.69) is 29.2 Å². The number of likely N-dealkylation sites (tertiary alicyclic amines) is 1. The van der Waals surface area contributed by atoms with Gasteiger partial charge in [0.15, 0.2) is 0 Å². The summed E-state index contributed by atoms with van der Waals surface area (Å²) >= 11 is 0. The molecule has 126 valence electrons. The number of carbonyl (C=O) groups excluding carboxylic acids is 1. The molecule has 5 nitrogen and oxygen atoms in total. The molecule has 0 N–H and O–H groups in total. The second-order valence-corrected chi connectivity index (χ2v) is 6.51. The van der Waals surface area contributed by atoms with E-state index in [0.717, 1.165) is 32.4 Å². The molecule has 2 heterocycles. The molecule has 1 aliphatic rings. The van der Waals surface area contributed by atoms with Gasteiger partial charge in [0.2, 0.25) is 5.91 Å². The van der Waals surface area contributed by atoms with Gasteiger partial charge >= 0.3 is 0 Å². The van der Waals surface area contributed by atoms with Crippen molar-refractivity contribution >= 4 is 5.91 Å². The predicted molar refractivity (Wildman–Crippen MR) is 92.7 cm³/mol. The highest BCUT2D eigenvalue weighted by atomic mass is 16.2. The highest BCUT2D eigenvalue weighted by Crippen LogP contribution is 2.21. The van der Waals surface area contributed by atoms with E-state index in [1.165, 1.54) is 22.5 Å². The molecule has 1 aromatic carbocycles. The first kappa shape index (κ1) is 16.4. The Labute approximate surface area is 141 Å². The molecule has 0 aliphatic carbocycles. The Hall–Kier alpha value is -2.43. The van der Waals surface area contributed by atoms with Crippen LogP contribution in [-0.4, -0.2) is 33.4 Å². The average Bonchev–Trinajstić information content (AvgIpc) is 2.59. The molecule has 1 amide bonds. The van der Waals surface area contributed by atoms with Crippen molar-refractivity contribution in [3.05, 3.63) is 64.3 Å². The van der Waals surface area contributed by atoms with Crippen molar-refractivity contribution in [1.82, 2.24) is 14.5 Å². The molecule has 0 unspecified atom stereocenters. The molecule has 24 heavy (non-hydrogen) atoms. The van der Waals surface area contributed by atoms with Gasteiger partial charge in [0.05, 0.1) is 6.33 Å². The summed E-state index contributed by atoms with van der Waals surface area (Å²) in [6.07, 6.45) is 4.56. The SMILES string of the molecule is Cc1cc(=O)n(CC(=O)N2CCC(Cc3ccccc3)CC2)cn1. The molecule has 1 fully saturated rings. The summed E-state index contributed by atoms with van der Waals surface area (Å²) < 4.78 is 1.38. The predicted octanol–water partition coefficient (Wildman–Crippen LogP) is 2.03. The number of nitrogens with zero attached hydrogens (tertiary/aromatic N) is 3. The van der Waals surface area contributed by atoms with Gasteiger partial charge in [-0.2, -0.15) is 0 Å².